The first-order valence-electron chi connectivity index (χ1n) is 6.55. The second kappa shape index (κ2) is 6.19. The highest BCUT2D eigenvalue weighted by Gasteiger charge is 2.04. The number of Topliss-reactive ketones (excluding diaryl/α,β-unsaturated/α-hetero) is 1. The highest BCUT2D eigenvalue weighted by Crippen LogP contribution is 2.11. The van der Waals surface area contributed by atoms with Crippen molar-refractivity contribution in [3.63, 3.8) is 0 Å². The van der Waals surface area contributed by atoms with Gasteiger partial charge in [-0.25, -0.2) is 0 Å². The van der Waals surface area contributed by atoms with Crippen molar-refractivity contribution in [1.29, 1.82) is 0 Å². The maximum Gasteiger partial charge on any atom is 0.137 e. The van der Waals surface area contributed by atoms with E-state index < -0.39 is 0 Å². The number of anilines is 1. The molecule has 2 nitrogen and oxygen atoms in total. The van der Waals surface area contributed by atoms with Crippen molar-refractivity contribution in [3.05, 3.63) is 65.2 Å². The van der Waals surface area contributed by atoms with Gasteiger partial charge in [0.2, 0.25) is 0 Å². The summed E-state index contributed by atoms with van der Waals surface area (Å²) in [7, 11) is 0. The molecule has 0 radical (unpaired) electrons. The van der Waals surface area contributed by atoms with Crippen LogP contribution in [0.15, 0.2) is 48.5 Å². The normalized spacial score (nSPS) is 10.4. The van der Waals surface area contributed by atoms with Gasteiger partial charge >= 0.3 is 0 Å². The van der Waals surface area contributed by atoms with Gasteiger partial charge in [-0.05, 0) is 36.6 Å². The lowest BCUT2D eigenvalue weighted by molar-refractivity contribution is -0.118. The van der Waals surface area contributed by atoms with Gasteiger partial charge in [0, 0.05) is 18.5 Å². The van der Waals surface area contributed by atoms with Gasteiger partial charge in [0.1, 0.15) is 5.78 Å². The zero-order valence-corrected chi connectivity index (χ0v) is 11.2. The number of nitrogens with two attached hydrogens (primary N) is 1. The average molecular weight is 253 g/mol. The Bertz CT molecular complexity index is 558. The number of carbonyl (C=O) groups excluding carboxylic acids is 1. The van der Waals surface area contributed by atoms with Crippen LogP contribution in [0.1, 0.15) is 23.1 Å². The molecule has 0 saturated carbocycles. The molecular formula is C17H19NO. The van der Waals surface area contributed by atoms with Crippen molar-refractivity contribution < 1.29 is 4.79 Å². The van der Waals surface area contributed by atoms with Gasteiger partial charge in [0.15, 0.2) is 0 Å². The molecule has 0 amide bonds. The minimum absolute atomic E-state index is 0.270. The van der Waals surface area contributed by atoms with E-state index in [1.165, 1.54) is 5.56 Å². The highest BCUT2D eigenvalue weighted by molar-refractivity contribution is 5.81. The molecule has 2 heteroatoms. The largest absolute Gasteiger partial charge is 0.399 e. The molecule has 2 N–H and O–H groups in total. The molecule has 0 atom stereocenters. The lowest BCUT2D eigenvalue weighted by Gasteiger charge is -2.03. The second-order valence-corrected chi connectivity index (χ2v) is 4.95. The predicted molar refractivity (Wildman–Crippen MR) is 79.1 cm³/mol. The van der Waals surface area contributed by atoms with Crippen LogP contribution in [0.3, 0.4) is 0 Å². The van der Waals surface area contributed by atoms with Gasteiger partial charge in [0.25, 0.3) is 0 Å². The fraction of sp³-hybridized carbons (Fsp3) is 0.235. The first kappa shape index (κ1) is 13.3. The molecule has 0 aliphatic heterocycles. The summed E-state index contributed by atoms with van der Waals surface area (Å²) in [6, 6.07) is 15.9. The third-order valence-corrected chi connectivity index (χ3v) is 3.17. The van der Waals surface area contributed by atoms with Crippen molar-refractivity contribution in [2.45, 2.75) is 26.2 Å². The summed E-state index contributed by atoms with van der Waals surface area (Å²) in [5.74, 6) is 0.270. The van der Waals surface area contributed by atoms with Crippen LogP contribution >= 0.6 is 0 Å². The minimum atomic E-state index is 0.270. The number of rotatable bonds is 5. The molecule has 0 unspecified atom stereocenters. The third-order valence-electron chi connectivity index (χ3n) is 3.17. The number of nitrogen functional groups attached to an aromatic ring is 1. The Morgan fingerprint density at radius 1 is 1.05 bits per heavy atom. The fourth-order valence-corrected chi connectivity index (χ4v) is 2.05. The summed E-state index contributed by atoms with van der Waals surface area (Å²) >= 11 is 0. The van der Waals surface area contributed by atoms with Crippen LogP contribution in [-0.2, 0) is 17.6 Å². The van der Waals surface area contributed by atoms with E-state index >= 15 is 0 Å². The monoisotopic (exact) mass is 253 g/mol. The molecule has 0 aliphatic rings. The van der Waals surface area contributed by atoms with Crippen molar-refractivity contribution in [3.8, 4) is 0 Å². The third kappa shape index (κ3) is 4.25. The lowest BCUT2D eigenvalue weighted by Crippen LogP contribution is -2.04. The Morgan fingerprint density at radius 3 is 2.47 bits per heavy atom. The molecule has 0 heterocycles. The highest BCUT2D eigenvalue weighted by atomic mass is 16.1. The van der Waals surface area contributed by atoms with Crippen LogP contribution in [0.25, 0.3) is 0 Å². The first-order valence-corrected chi connectivity index (χ1v) is 6.55. The zero-order chi connectivity index (χ0) is 13.7. The van der Waals surface area contributed by atoms with Crippen LogP contribution in [-0.4, -0.2) is 5.78 Å². The smallest absolute Gasteiger partial charge is 0.137 e. The summed E-state index contributed by atoms with van der Waals surface area (Å²) in [5, 5.41) is 0. The van der Waals surface area contributed by atoms with Gasteiger partial charge in [0.05, 0.1) is 0 Å². The van der Waals surface area contributed by atoms with E-state index in [1.54, 1.807) is 0 Å². The van der Waals surface area contributed by atoms with E-state index in [2.05, 4.69) is 0 Å². The van der Waals surface area contributed by atoms with E-state index in [1.807, 2.05) is 55.5 Å². The summed E-state index contributed by atoms with van der Waals surface area (Å²) < 4.78 is 0. The van der Waals surface area contributed by atoms with Crippen LogP contribution in [0.4, 0.5) is 5.69 Å². The molecule has 0 fully saturated rings. The summed E-state index contributed by atoms with van der Waals surface area (Å²) in [5.41, 5.74) is 9.90. The van der Waals surface area contributed by atoms with E-state index in [4.69, 9.17) is 5.73 Å². The zero-order valence-electron chi connectivity index (χ0n) is 11.2. The molecule has 0 saturated heterocycles. The Kier molecular flexibility index (Phi) is 4.35. The fourth-order valence-electron chi connectivity index (χ4n) is 2.05. The van der Waals surface area contributed by atoms with E-state index in [9.17, 15) is 4.79 Å². The SMILES string of the molecule is Cc1ccc(CC(=O)CCc2cccc(N)c2)cc1. The van der Waals surface area contributed by atoms with Crippen LogP contribution in [0, 0.1) is 6.92 Å². The molecule has 2 rings (SSSR count). The maximum atomic E-state index is 11.9. The number of aryl methyl sites for hydroxylation is 2. The van der Waals surface area contributed by atoms with Gasteiger partial charge < -0.3 is 5.73 Å². The average Bonchev–Trinajstić information content (AvgIpc) is 2.39. The van der Waals surface area contributed by atoms with Gasteiger partial charge in [-0.3, -0.25) is 4.79 Å². The van der Waals surface area contributed by atoms with Gasteiger partial charge in [-0.2, -0.15) is 0 Å². The summed E-state index contributed by atoms with van der Waals surface area (Å²) in [6.07, 6.45) is 1.84. The molecule has 98 valence electrons. The van der Waals surface area contributed by atoms with E-state index in [0.717, 1.165) is 23.2 Å². The molecule has 0 spiro atoms. The van der Waals surface area contributed by atoms with Crippen molar-refractivity contribution in [1.82, 2.24) is 0 Å². The number of hydrogen-bond donors (Lipinski definition) is 1. The van der Waals surface area contributed by atoms with Gasteiger partial charge in [-0.1, -0.05) is 42.0 Å². The Morgan fingerprint density at radius 2 is 1.79 bits per heavy atom. The Labute approximate surface area is 114 Å². The number of hydrogen-bond acceptors (Lipinski definition) is 2. The Balaban J connectivity index is 1.86. The minimum Gasteiger partial charge on any atom is -0.399 e. The summed E-state index contributed by atoms with van der Waals surface area (Å²) in [6.45, 7) is 2.05. The molecule has 2 aromatic carbocycles. The number of carbonyl (C=O) groups is 1. The standard InChI is InChI=1S/C17H19NO/c1-13-5-7-15(8-6-13)12-17(19)10-9-14-3-2-4-16(18)11-14/h2-8,11H,9-10,12,18H2,1H3. The molecule has 0 aromatic heterocycles. The van der Waals surface area contributed by atoms with Crippen LogP contribution < -0.4 is 5.73 Å². The second-order valence-electron chi connectivity index (χ2n) is 4.95. The molecule has 2 aromatic rings. The number of ketones is 1. The molecule has 0 bridgehead atoms. The lowest BCUT2D eigenvalue weighted by atomic mass is 10.0. The molecular weight excluding hydrogens is 234 g/mol. The topological polar surface area (TPSA) is 43.1 Å². The van der Waals surface area contributed by atoms with Crippen LogP contribution in [0.5, 0.6) is 0 Å². The van der Waals surface area contributed by atoms with Crippen LogP contribution in [0.2, 0.25) is 0 Å². The molecule has 0 aliphatic carbocycles. The number of benzene rings is 2. The molecule has 19 heavy (non-hydrogen) atoms. The summed E-state index contributed by atoms with van der Waals surface area (Å²) in [4.78, 5) is 11.9. The maximum absolute atomic E-state index is 11.9. The quantitative estimate of drug-likeness (QED) is 0.831. The van der Waals surface area contributed by atoms with E-state index in [0.29, 0.717) is 12.8 Å². The van der Waals surface area contributed by atoms with Crippen molar-refractivity contribution >= 4 is 11.5 Å². The predicted octanol–water partition coefficient (Wildman–Crippen LogP) is 3.32. The van der Waals surface area contributed by atoms with Gasteiger partial charge in [-0.15, -0.1) is 0 Å². The van der Waals surface area contributed by atoms with E-state index in [-0.39, 0.29) is 5.78 Å². The Hall–Kier alpha value is -2.09. The van der Waals surface area contributed by atoms with Crippen molar-refractivity contribution in [2.24, 2.45) is 0 Å². The first-order chi connectivity index (χ1) is 9.13. The van der Waals surface area contributed by atoms with Crippen molar-refractivity contribution in [2.75, 3.05) is 5.73 Å².